The van der Waals surface area contributed by atoms with Crippen molar-refractivity contribution in [1.82, 2.24) is 0 Å². The molecule has 0 radical (unpaired) electrons. The Balaban J connectivity index is 2.35. The highest BCUT2D eigenvalue weighted by atomic mass is 32.2. The van der Waals surface area contributed by atoms with Gasteiger partial charge in [-0.25, -0.2) is 17.2 Å². The maximum atomic E-state index is 13.7. The second kappa shape index (κ2) is 5.69. The first-order valence-electron chi connectivity index (χ1n) is 5.93. The van der Waals surface area contributed by atoms with Crippen LogP contribution in [0.15, 0.2) is 41.3 Å². The first-order chi connectivity index (χ1) is 9.83. The summed E-state index contributed by atoms with van der Waals surface area (Å²) in [6, 6.07) is 7.10. The Labute approximate surface area is 121 Å². The third-order valence-electron chi connectivity index (χ3n) is 2.86. The Bertz CT molecular complexity index is 776. The van der Waals surface area contributed by atoms with E-state index in [0.29, 0.717) is 0 Å². The number of hydrogen-bond acceptors (Lipinski definition) is 4. The topological polar surface area (TPSA) is 69.4 Å². The van der Waals surface area contributed by atoms with E-state index in [2.05, 4.69) is 0 Å². The van der Waals surface area contributed by atoms with Crippen molar-refractivity contribution < 1.29 is 21.9 Å². The van der Waals surface area contributed by atoms with Gasteiger partial charge in [0.05, 0.1) is 12.9 Å². The van der Waals surface area contributed by atoms with E-state index < -0.39 is 32.1 Å². The van der Waals surface area contributed by atoms with Crippen molar-refractivity contribution in [1.29, 1.82) is 0 Å². The minimum Gasteiger partial charge on any atom is -0.494 e. The van der Waals surface area contributed by atoms with E-state index in [1.807, 2.05) is 0 Å². The molecule has 4 nitrogen and oxygen atoms in total. The van der Waals surface area contributed by atoms with Gasteiger partial charge in [0.1, 0.15) is 10.7 Å². The van der Waals surface area contributed by atoms with Gasteiger partial charge in [0, 0.05) is 5.69 Å². The van der Waals surface area contributed by atoms with Gasteiger partial charge in [-0.05, 0) is 35.9 Å². The number of methoxy groups -OCH3 is 1. The van der Waals surface area contributed by atoms with Crippen molar-refractivity contribution in [2.24, 2.45) is 0 Å². The molecule has 0 saturated carbocycles. The quantitative estimate of drug-likeness (QED) is 0.881. The van der Waals surface area contributed by atoms with Crippen LogP contribution in [-0.2, 0) is 15.6 Å². The van der Waals surface area contributed by atoms with Crippen molar-refractivity contribution >= 4 is 15.5 Å². The van der Waals surface area contributed by atoms with Gasteiger partial charge in [-0.15, -0.1) is 0 Å². The highest BCUT2D eigenvalue weighted by molar-refractivity contribution is 7.90. The molecule has 0 heterocycles. The lowest BCUT2D eigenvalue weighted by Gasteiger charge is -2.08. The molecule has 0 spiro atoms. The molecule has 0 amide bonds. The van der Waals surface area contributed by atoms with E-state index in [1.54, 1.807) is 0 Å². The molecular weight excluding hydrogens is 300 g/mol. The number of rotatable bonds is 4. The van der Waals surface area contributed by atoms with Crippen LogP contribution < -0.4 is 10.5 Å². The number of nitrogens with two attached hydrogens (primary N) is 1. The standard InChI is InChI=1S/C14H13F2NO3S/c1-20-13-4-2-9(6-11(13)15)8-21(18,19)14-5-3-10(17)7-12(14)16/h2-7H,8,17H2,1H3. The van der Waals surface area contributed by atoms with Gasteiger partial charge in [0.25, 0.3) is 0 Å². The van der Waals surface area contributed by atoms with Crippen LogP contribution in [0.4, 0.5) is 14.5 Å². The minimum absolute atomic E-state index is 0.00909. The second-order valence-electron chi connectivity index (χ2n) is 4.42. The Morgan fingerprint density at radius 2 is 1.81 bits per heavy atom. The molecular formula is C14H13F2NO3S. The van der Waals surface area contributed by atoms with Crippen molar-refractivity contribution in [3.63, 3.8) is 0 Å². The fraction of sp³-hybridized carbons (Fsp3) is 0.143. The third-order valence-corrected chi connectivity index (χ3v) is 4.58. The van der Waals surface area contributed by atoms with Gasteiger partial charge < -0.3 is 10.5 Å². The highest BCUT2D eigenvalue weighted by Crippen LogP contribution is 2.24. The maximum Gasteiger partial charge on any atom is 0.185 e. The molecule has 0 aliphatic rings. The predicted octanol–water partition coefficient (Wildman–Crippen LogP) is 2.53. The van der Waals surface area contributed by atoms with Gasteiger partial charge in [0.15, 0.2) is 21.4 Å². The number of ether oxygens (including phenoxy) is 1. The van der Waals surface area contributed by atoms with Gasteiger partial charge in [0.2, 0.25) is 0 Å². The van der Waals surface area contributed by atoms with Crippen LogP contribution in [0.5, 0.6) is 5.75 Å². The van der Waals surface area contributed by atoms with E-state index in [-0.39, 0.29) is 17.0 Å². The Hall–Kier alpha value is -2.15. The summed E-state index contributed by atoms with van der Waals surface area (Å²) in [4.78, 5) is -0.465. The van der Waals surface area contributed by atoms with Crippen LogP contribution >= 0.6 is 0 Å². The normalized spacial score (nSPS) is 11.4. The number of sulfone groups is 1. The first kappa shape index (κ1) is 15.2. The average molecular weight is 313 g/mol. The van der Waals surface area contributed by atoms with Gasteiger partial charge in [-0.1, -0.05) is 6.07 Å². The van der Waals surface area contributed by atoms with Crippen LogP contribution in [0.2, 0.25) is 0 Å². The molecule has 0 unspecified atom stereocenters. The zero-order valence-corrected chi connectivity index (χ0v) is 12.0. The lowest BCUT2D eigenvalue weighted by Crippen LogP contribution is -2.08. The summed E-state index contributed by atoms with van der Waals surface area (Å²) in [7, 11) is -2.63. The van der Waals surface area contributed by atoms with Crippen molar-refractivity contribution in [3.8, 4) is 5.75 Å². The van der Waals surface area contributed by atoms with Crippen LogP contribution in [0.3, 0.4) is 0 Å². The molecule has 0 bridgehead atoms. The van der Waals surface area contributed by atoms with Crippen LogP contribution in [0.1, 0.15) is 5.56 Å². The molecule has 2 rings (SSSR count). The van der Waals surface area contributed by atoms with Crippen molar-refractivity contribution in [3.05, 3.63) is 53.6 Å². The largest absolute Gasteiger partial charge is 0.494 e. The van der Waals surface area contributed by atoms with E-state index >= 15 is 0 Å². The van der Waals surface area contributed by atoms with Crippen molar-refractivity contribution in [2.45, 2.75) is 10.6 Å². The fourth-order valence-corrected chi connectivity index (χ4v) is 3.27. The van der Waals surface area contributed by atoms with Crippen LogP contribution in [0.25, 0.3) is 0 Å². The molecule has 7 heteroatoms. The van der Waals surface area contributed by atoms with Gasteiger partial charge >= 0.3 is 0 Å². The predicted molar refractivity (Wildman–Crippen MR) is 74.7 cm³/mol. The average Bonchev–Trinajstić information content (AvgIpc) is 2.37. The Kier molecular flexibility index (Phi) is 4.13. The summed E-state index contributed by atoms with van der Waals surface area (Å²) < 4.78 is 56.3. The Morgan fingerprint density at radius 3 is 2.38 bits per heavy atom. The maximum absolute atomic E-state index is 13.7. The molecule has 0 saturated heterocycles. The van der Waals surface area contributed by atoms with Crippen LogP contribution in [0, 0.1) is 11.6 Å². The van der Waals surface area contributed by atoms with E-state index in [4.69, 9.17) is 10.5 Å². The molecule has 0 aliphatic carbocycles. The zero-order chi connectivity index (χ0) is 15.6. The summed E-state index contributed by atoms with van der Waals surface area (Å²) >= 11 is 0. The lowest BCUT2D eigenvalue weighted by atomic mass is 10.2. The number of halogens is 2. The van der Waals surface area contributed by atoms with Gasteiger partial charge in [-0.2, -0.15) is 0 Å². The zero-order valence-electron chi connectivity index (χ0n) is 11.1. The molecule has 112 valence electrons. The first-order valence-corrected chi connectivity index (χ1v) is 7.59. The monoisotopic (exact) mass is 313 g/mol. The fourth-order valence-electron chi connectivity index (χ4n) is 1.87. The summed E-state index contributed by atoms with van der Waals surface area (Å²) in [6.45, 7) is 0. The molecule has 0 fully saturated rings. The summed E-state index contributed by atoms with van der Waals surface area (Å²) in [5.41, 5.74) is 5.70. The molecule has 21 heavy (non-hydrogen) atoms. The van der Waals surface area contributed by atoms with Crippen molar-refractivity contribution in [2.75, 3.05) is 12.8 Å². The smallest absolute Gasteiger partial charge is 0.185 e. The summed E-state index contributed by atoms with van der Waals surface area (Å²) in [5.74, 6) is -2.11. The van der Waals surface area contributed by atoms with E-state index in [1.165, 1.54) is 25.3 Å². The molecule has 0 aromatic heterocycles. The van der Waals surface area contributed by atoms with E-state index in [9.17, 15) is 17.2 Å². The van der Waals surface area contributed by atoms with E-state index in [0.717, 1.165) is 18.2 Å². The van der Waals surface area contributed by atoms with Gasteiger partial charge in [-0.3, -0.25) is 0 Å². The van der Waals surface area contributed by atoms with Crippen LogP contribution in [-0.4, -0.2) is 15.5 Å². The number of nitrogen functional groups attached to an aromatic ring is 1. The number of benzene rings is 2. The molecule has 2 N–H and O–H groups in total. The molecule has 2 aromatic rings. The summed E-state index contributed by atoms with van der Waals surface area (Å²) in [5, 5.41) is 0. The third kappa shape index (κ3) is 3.30. The SMILES string of the molecule is COc1ccc(CS(=O)(=O)c2ccc(N)cc2F)cc1F. The Morgan fingerprint density at radius 1 is 1.10 bits per heavy atom. The molecule has 0 aliphatic heterocycles. The molecule has 0 atom stereocenters. The number of anilines is 1. The summed E-state index contributed by atoms with van der Waals surface area (Å²) in [6.07, 6.45) is 0. The lowest BCUT2D eigenvalue weighted by molar-refractivity contribution is 0.386. The number of hydrogen-bond donors (Lipinski definition) is 1. The minimum atomic E-state index is -3.94. The second-order valence-corrected chi connectivity index (χ2v) is 6.38. The highest BCUT2D eigenvalue weighted by Gasteiger charge is 2.20. The molecule has 2 aromatic carbocycles.